The lowest BCUT2D eigenvalue weighted by Gasteiger charge is -2.15. The Morgan fingerprint density at radius 2 is 1.63 bits per heavy atom. The van der Waals surface area contributed by atoms with E-state index in [0.29, 0.717) is 23.7 Å². The Morgan fingerprint density at radius 3 is 2.31 bits per heavy atom. The fraction of sp³-hybridized carbons (Fsp3) is 0.286. The highest BCUT2D eigenvalue weighted by molar-refractivity contribution is 5.97. The van der Waals surface area contributed by atoms with Crippen LogP contribution in [0.1, 0.15) is 44.7 Å². The summed E-state index contributed by atoms with van der Waals surface area (Å²) >= 11 is 0. The van der Waals surface area contributed by atoms with Crippen molar-refractivity contribution in [1.29, 1.82) is 0 Å². The molecule has 1 aliphatic carbocycles. The van der Waals surface area contributed by atoms with Crippen LogP contribution in [-0.4, -0.2) is 47.3 Å². The third-order valence-electron chi connectivity index (χ3n) is 6.06. The van der Waals surface area contributed by atoms with E-state index >= 15 is 0 Å². The van der Waals surface area contributed by atoms with Gasteiger partial charge in [0.05, 0.1) is 19.3 Å². The van der Waals surface area contributed by atoms with Crippen LogP contribution in [0.3, 0.4) is 0 Å². The zero-order valence-corrected chi connectivity index (χ0v) is 19.8. The third kappa shape index (κ3) is 6.47. The first kappa shape index (κ1) is 24.4. The maximum atomic E-state index is 12.7. The summed E-state index contributed by atoms with van der Waals surface area (Å²) in [4.78, 5) is 25.1. The van der Waals surface area contributed by atoms with E-state index < -0.39 is 6.04 Å². The summed E-state index contributed by atoms with van der Waals surface area (Å²) in [6, 6.07) is 20.4. The lowest BCUT2D eigenvalue weighted by atomic mass is 9.97. The number of carbonyl (C=O) groups is 2. The van der Waals surface area contributed by atoms with Gasteiger partial charge in [-0.1, -0.05) is 30.3 Å². The van der Waals surface area contributed by atoms with E-state index in [1.807, 2.05) is 61.5 Å². The molecule has 1 aliphatic rings. The van der Waals surface area contributed by atoms with E-state index in [2.05, 4.69) is 16.0 Å². The lowest BCUT2D eigenvalue weighted by molar-refractivity contribution is 0.0943. The number of aryl methyl sites for hydroxylation is 1. The van der Waals surface area contributed by atoms with Crippen LogP contribution in [0.15, 0.2) is 66.7 Å². The van der Waals surface area contributed by atoms with Gasteiger partial charge in [0.25, 0.3) is 11.8 Å². The molecule has 182 valence electrons. The largest absolute Gasteiger partial charge is 0.394 e. The number of amides is 2. The van der Waals surface area contributed by atoms with Gasteiger partial charge in [-0.15, -0.1) is 0 Å². The normalized spacial score (nSPS) is 12.9. The predicted octanol–water partition coefficient (Wildman–Crippen LogP) is 3.25. The molecular formula is C28H31N3O4. The standard InChI is InChI=1S/C28H31N3O4/c1-18-5-6-22(28(35)31-23-11-12-23)14-26(18)20-7-9-21(10-8-20)27(34)29-15-19-3-2-4-24(13-19)30-25(16-32)17-33/h2-10,13-14,23,25,30,32-33H,11-12,15-17H2,1H3,(H,29,34)(H,31,35). The molecule has 0 heterocycles. The molecule has 0 radical (unpaired) electrons. The quantitative estimate of drug-likeness (QED) is 0.311. The van der Waals surface area contributed by atoms with Gasteiger partial charge in [-0.25, -0.2) is 0 Å². The number of aliphatic hydroxyl groups is 2. The number of rotatable bonds is 10. The van der Waals surface area contributed by atoms with Crippen molar-refractivity contribution in [3.63, 3.8) is 0 Å². The molecule has 0 aliphatic heterocycles. The Bertz CT molecular complexity index is 1190. The van der Waals surface area contributed by atoms with Gasteiger partial charge in [0.15, 0.2) is 0 Å². The maximum Gasteiger partial charge on any atom is 0.251 e. The van der Waals surface area contributed by atoms with Gasteiger partial charge in [0.2, 0.25) is 0 Å². The van der Waals surface area contributed by atoms with Crippen molar-refractivity contribution in [2.24, 2.45) is 0 Å². The molecule has 0 aromatic heterocycles. The number of hydrogen-bond donors (Lipinski definition) is 5. The second-order valence-corrected chi connectivity index (χ2v) is 8.94. The minimum Gasteiger partial charge on any atom is -0.394 e. The SMILES string of the molecule is Cc1ccc(C(=O)NC2CC2)cc1-c1ccc(C(=O)NCc2cccc(NC(CO)CO)c2)cc1. The van der Waals surface area contributed by atoms with Crippen LogP contribution in [0.2, 0.25) is 0 Å². The van der Waals surface area contributed by atoms with Crippen molar-refractivity contribution >= 4 is 17.5 Å². The van der Waals surface area contributed by atoms with Crippen LogP contribution in [0, 0.1) is 6.92 Å². The van der Waals surface area contributed by atoms with Crippen LogP contribution in [0.4, 0.5) is 5.69 Å². The molecule has 7 nitrogen and oxygen atoms in total. The first-order chi connectivity index (χ1) is 17.0. The van der Waals surface area contributed by atoms with Crippen molar-refractivity contribution in [3.8, 4) is 11.1 Å². The van der Waals surface area contributed by atoms with E-state index in [-0.39, 0.29) is 25.0 Å². The fourth-order valence-electron chi connectivity index (χ4n) is 3.81. The molecule has 0 atom stereocenters. The van der Waals surface area contributed by atoms with Crippen LogP contribution >= 0.6 is 0 Å². The van der Waals surface area contributed by atoms with Gasteiger partial charge in [-0.2, -0.15) is 0 Å². The van der Waals surface area contributed by atoms with Gasteiger partial charge in [0, 0.05) is 29.4 Å². The molecule has 1 saturated carbocycles. The van der Waals surface area contributed by atoms with Crippen molar-refractivity contribution in [3.05, 3.63) is 89.0 Å². The van der Waals surface area contributed by atoms with E-state index in [1.165, 1.54) is 0 Å². The smallest absolute Gasteiger partial charge is 0.251 e. The lowest BCUT2D eigenvalue weighted by Crippen LogP contribution is -2.27. The van der Waals surface area contributed by atoms with Gasteiger partial charge < -0.3 is 26.2 Å². The molecule has 0 bridgehead atoms. The minimum atomic E-state index is -0.435. The predicted molar refractivity (Wildman–Crippen MR) is 136 cm³/mol. The van der Waals surface area contributed by atoms with Crippen LogP contribution in [-0.2, 0) is 6.54 Å². The Balaban J connectivity index is 1.39. The first-order valence-corrected chi connectivity index (χ1v) is 11.8. The zero-order chi connectivity index (χ0) is 24.8. The Hall–Kier alpha value is -3.68. The van der Waals surface area contributed by atoms with Crippen molar-refractivity contribution in [2.45, 2.75) is 38.4 Å². The van der Waals surface area contributed by atoms with Crippen molar-refractivity contribution < 1.29 is 19.8 Å². The molecular weight excluding hydrogens is 442 g/mol. The number of nitrogens with one attached hydrogen (secondary N) is 3. The highest BCUT2D eigenvalue weighted by atomic mass is 16.3. The summed E-state index contributed by atoms with van der Waals surface area (Å²) in [5.41, 5.74) is 5.81. The summed E-state index contributed by atoms with van der Waals surface area (Å²) in [5, 5.41) is 27.5. The molecule has 7 heteroatoms. The average molecular weight is 474 g/mol. The van der Waals surface area contributed by atoms with E-state index in [9.17, 15) is 19.8 Å². The average Bonchev–Trinajstić information content (AvgIpc) is 3.70. The first-order valence-electron chi connectivity index (χ1n) is 11.8. The molecule has 5 N–H and O–H groups in total. The maximum absolute atomic E-state index is 12.7. The van der Waals surface area contributed by atoms with Crippen molar-refractivity contribution in [1.82, 2.24) is 10.6 Å². The molecule has 0 unspecified atom stereocenters. The number of benzene rings is 3. The third-order valence-corrected chi connectivity index (χ3v) is 6.06. The topological polar surface area (TPSA) is 111 Å². The number of carbonyl (C=O) groups excluding carboxylic acids is 2. The highest BCUT2D eigenvalue weighted by Crippen LogP contribution is 2.26. The summed E-state index contributed by atoms with van der Waals surface area (Å²) in [6.07, 6.45) is 2.09. The van der Waals surface area contributed by atoms with E-state index in [4.69, 9.17) is 0 Å². The molecule has 2 amide bonds. The number of hydrogen-bond acceptors (Lipinski definition) is 5. The Morgan fingerprint density at radius 1 is 0.914 bits per heavy atom. The molecule has 0 spiro atoms. The van der Waals surface area contributed by atoms with Gasteiger partial charge in [-0.3, -0.25) is 9.59 Å². The van der Waals surface area contributed by atoms with E-state index in [0.717, 1.165) is 40.8 Å². The second-order valence-electron chi connectivity index (χ2n) is 8.94. The fourth-order valence-corrected chi connectivity index (χ4v) is 3.81. The van der Waals surface area contributed by atoms with Gasteiger partial charge >= 0.3 is 0 Å². The van der Waals surface area contributed by atoms with Crippen LogP contribution in [0.5, 0.6) is 0 Å². The summed E-state index contributed by atoms with van der Waals surface area (Å²) < 4.78 is 0. The van der Waals surface area contributed by atoms with Crippen molar-refractivity contribution in [2.75, 3.05) is 18.5 Å². The molecule has 4 rings (SSSR count). The summed E-state index contributed by atoms with van der Waals surface area (Å²) in [7, 11) is 0. The number of anilines is 1. The van der Waals surface area contributed by atoms with Crippen LogP contribution < -0.4 is 16.0 Å². The number of aliphatic hydroxyl groups excluding tert-OH is 2. The van der Waals surface area contributed by atoms with Gasteiger partial charge in [0.1, 0.15) is 0 Å². The molecule has 3 aromatic carbocycles. The Labute approximate surface area is 205 Å². The molecule has 1 fully saturated rings. The monoisotopic (exact) mass is 473 g/mol. The molecule has 35 heavy (non-hydrogen) atoms. The highest BCUT2D eigenvalue weighted by Gasteiger charge is 2.24. The molecule has 0 saturated heterocycles. The summed E-state index contributed by atoms with van der Waals surface area (Å²) in [5.74, 6) is -0.236. The van der Waals surface area contributed by atoms with Crippen LogP contribution in [0.25, 0.3) is 11.1 Å². The van der Waals surface area contributed by atoms with E-state index in [1.54, 1.807) is 12.1 Å². The minimum absolute atomic E-state index is 0.0488. The zero-order valence-electron chi connectivity index (χ0n) is 19.8. The molecule has 3 aromatic rings. The summed E-state index contributed by atoms with van der Waals surface area (Å²) in [6.45, 7) is 2.00. The second kappa shape index (κ2) is 11.2. The van der Waals surface area contributed by atoms with Gasteiger partial charge in [-0.05, 0) is 78.4 Å². The Kier molecular flexibility index (Phi) is 7.80.